The van der Waals surface area contributed by atoms with Gasteiger partial charge in [-0.3, -0.25) is 4.79 Å². The molecule has 1 amide bonds. The van der Waals surface area contributed by atoms with Gasteiger partial charge >= 0.3 is 12.3 Å². The third kappa shape index (κ3) is 8.99. The van der Waals surface area contributed by atoms with E-state index < -0.39 is 18.7 Å². The highest BCUT2D eigenvalue weighted by Gasteiger charge is 2.27. The Morgan fingerprint density at radius 3 is 2.32 bits per heavy atom. The monoisotopic (exact) mass is 399 g/mol. The fourth-order valence-electron chi connectivity index (χ4n) is 1.85. The largest absolute Gasteiger partial charge is 0.468 e. The summed E-state index contributed by atoms with van der Waals surface area (Å²) >= 11 is 0. The maximum Gasteiger partial charge on any atom is 0.430 e. The highest BCUT2D eigenvalue weighted by atomic mass is 19.4. The molecule has 0 atom stereocenters. The van der Waals surface area contributed by atoms with Gasteiger partial charge in [-0.2, -0.15) is 18.2 Å². The van der Waals surface area contributed by atoms with Crippen LogP contribution in [0.4, 0.5) is 23.8 Å². The van der Waals surface area contributed by atoms with Gasteiger partial charge in [0.15, 0.2) is 5.82 Å². The van der Waals surface area contributed by atoms with E-state index in [4.69, 9.17) is 10.6 Å². The quantitative estimate of drug-likeness (QED) is 0.346. The first-order valence-electron chi connectivity index (χ1n) is 8.09. The summed E-state index contributed by atoms with van der Waals surface area (Å²) in [6.07, 6.45) is -5.25. The van der Waals surface area contributed by atoms with E-state index in [2.05, 4.69) is 9.72 Å². The first-order valence-corrected chi connectivity index (χ1v) is 8.09. The molecule has 1 aromatic carbocycles. The van der Waals surface area contributed by atoms with Crippen molar-refractivity contribution >= 4 is 18.4 Å². The number of hydrazine groups is 1. The molecule has 1 aromatic heterocycles. The van der Waals surface area contributed by atoms with Crippen LogP contribution in [0.2, 0.25) is 0 Å². The molecule has 0 aliphatic heterocycles. The number of amides is 1. The van der Waals surface area contributed by atoms with E-state index >= 15 is 0 Å². The number of ether oxygens (including phenoxy) is 2. The lowest BCUT2D eigenvalue weighted by Gasteiger charge is -2.16. The predicted molar refractivity (Wildman–Crippen MR) is 95.0 cm³/mol. The molecule has 0 aliphatic carbocycles. The summed E-state index contributed by atoms with van der Waals surface area (Å²) in [6.45, 7) is 2.69. The van der Waals surface area contributed by atoms with Gasteiger partial charge in [-0.05, 0) is 24.1 Å². The van der Waals surface area contributed by atoms with Crippen LogP contribution in [0.5, 0.6) is 0 Å². The maximum absolute atomic E-state index is 12.3. The van der Waals surface area contributed by atoms with Crippen molar-refractivity contribution in [2.45, 2.75) is 26.1 Å². The number of aromatic nitrogens is 1. The minimum atomic E-state index is -4.32. The number of hydrogen-bond acceptors (Lipinski definition) is 6. The highest BCUT2D eigenvalue weighted by Crippen LogP contribution is 2.21. The number of carbonyl (C=O) groups is 2. The van der Waals surface area contributed by atoms with Gasteiger partial charge in [0.1, 0.15) is 6.61 Å². The Morgan fingerprint density at radius 1 is 1.18 bits per heavy atom. The second-order valence-corrected chi connectivity index (χ2v) is 5.28. The molecule has 0 bridgehead atoms. The molecule has 2 aromatic rings. The van der Waals surface area contributed by atoms with Gasteiger partial charge in [0.2, 0.25) is 0 Å². The third-order valence-corrected chi connectivity index (χ3v) is 3.10. The Morgan fingerprint density at radius 2 is 1.86 bits per heavy atom. The number of nitrogens with two attached hydrogens (primary N) is 1. The Labute approximate surface area is 159 Å². The lowest BCUT2D eigenvalue weighted by Crippen LogP contribution is -2.38. The zero-order valence-electron chi connectivity index (χ0n) is 15.1. The first kappa shape index (κ1) is 22.9. The van der Waals surface area contributed by atoms with E-state index in [1.807, 2.05) is 6.07 Å². The van der Waals surface area contributed by atoms with Crippen LogP contribution in [0.15, 0.2) is 48.7 Å². The number of halogens is 3. The summed E-state index contributed by atoms with van der Waals surface area (Å²) in [6, 6.07) is 11.4. The minimum absolute atomic E-state index is 0.00557. The summed E-state index contributed by atoms with van der Waals surface area (Å²) in [5.41, 5.74) is 0.759. The summed E-state index contributed by atoms with van der Waals surface area (Å²) in [5, 5.41) is 0.639. The Kier molecular flexibility index (Phi) is 9.44. The van der Waals surface area contributed by atoms with Crippen molar-refractivity contribution in [3.63, 3.8) is 0 Å². The first-order chi connectivity index (χ1) is 13.3. The van der Waals surface area contributed by atoms with Gasteiger partial charge in [0, 0.05) is 6.20 Å². The Bertz CT molecular complexity index is 725. The molecule has 0 spiro atoms. The fourth-order valence-corrected chi connectivity index (χ4v) is 1.85. The number of rotatable bonds is 6. The van der Waals surface area contributed by atoms with Crippen molar-refractivity contribution in [3.05, 3.63) is 59.8 Å². The van der Waals surface area contributed by atoms with Crippen LogP contribution in [0.1, 0.15) is 18.1 Å². The Balaban J connectivity index is 0.000000696. The molecule has 0 radical (unpaired) electrons. The number of hydrogen-bond donors (Lipinski definition) is 1. The molecule has 7 nitrogen and oxygen atoms in total. The normalized spacial score (nSPS) is 10.3. The molecule has 0 saturated heterocycles. The van der Waals surface area contributed by atoms with Gasteiger partial charge in [0.25, 0.3) is 6.47 Å². The van der Waals surface area contributed by atoms with Crippen LogP contribution in [0, 0.1) is 0 Å². The molecular weight excluding hydrogens is 379 g/mol. The predicted octanol–water partition coefficient (Wildman–Crippen LogP) is 3.38. The molecule has 0 saturated carbocycles. The van der Waals surface area contributed by atoms with Crippen LogP contribution >= 0.6 is 0 Å². The highest BCUT2D eigenvalue weighted by molar-refractivity contribution is 5.84. The van der Waals surface area contributed by atoms with Gasteiger partial charge in [-0.15, -0.1) is 0 Å². The average molecular weight is 399 g/mol. The fraction of sp³-hybridized carbons (Fsp3) is 0.278. The van der Waals surface area contributed by atoms with E-state index in [1.54, 1.807) is 31.2 Å². The van der Waals surface area contributed by atoms with E-state index in [9.17, 15) is 22.8 Å². The second-order valence-electron chi connectivity index (χ2n) is 5.28. The molecule has 2 rings (SSSR count). The number of anilines is 1. The zero-order chi connectivity index (χ0) is 21.0. The van der Waals surface area contributed by atoms with Crippen LogP contribution < -0.4 is 10.9 Å². The Hall–Kier alpha value is -3.14. The molecule has 0 aliphatic rings. The molecule has 1 heterocycles. The minimum Gasteiger partial charge on any atom is -0.468 e. The topological polar surface area (TPSA) is 94.8 Å². The number of pyridine rings is 1. The number of nitrogens with zero attached hydrogens (tertiary/aromatic N) is 2. The summed E-state index contributed by atoms with van der Waals surface area (Å²) < 4.78 is 45.9. The van der Waals surface area contributed by atoms with E-state index in [0.717, 1.165) is 11.8 Å². The SMILES string of the molecule is CCOC=O.NN(C(=O)OCc1ccccc1)c1ccc(CC(F)(F)F)cn1. The standard InChI is InChI=1S/C15H14F3N3O2.C3H6O2/c16-15(17,18)8-12-6-7-13(20-9-12)21(19)14(22)23-10-11-4-2-1-3-5-11;1-2-5-3-4/h1-7,9H,8,10,19H2;3H,2H2,1H3. The summed E-state index contributed by atoms with van der Waals surface area (Å²) in [5.74, 6) is 5.55. The molecular formula is C18H20F3N3O4. The van der Waals surface area contributed by atoms with Crippen LogP contribution in [0.3, 0.4) is 0 Å². The van der Waals surface area contributed by atoms with Gasteiger partial charge in [-0.1, -0.05) is 36.4 Å². The average Bonchev–Trinajstić information content (AvgIpc) is 2.67. The summed E-state index contributed by atoms with van der Waals surface area (Å²) in [7, 11) is 0. The van der Waals surface area contributed by atoms with Crippen LogP contribution in [0.25, 0.3) is 0 Å². The van der Waals surface area contributed by atoms with Crippen molar-refractivity contribution in [1.29, 1.82) is 0 Å². The maximum atomic E-state index is 12.3. The molecule has 0 fully saturated rings. The van der Waals surface area contributed by atoms with Crippen LogP contribution in [-0.2, 0) is 27.3 Å². The second kappa shape index (κ2) is 11.5. The van der Waals surface area contributed by atoms with E-state index in [1.165, 1.54) is 12.1 Å². The molecule has 10 heteroatoms. The van der Waals surface area contributed by atoms with Crippen molar-refractivity contribution in [3.8, 4) is 0 Å². The number of carbonyl (C=O) groups excluding carboxylic acids is 2. The van der Waals surface area contributed by atoms with Crippen molar-refractivity contribution in [2.24, 2.45) is 5.84 Å². The number of benzene rings is 1. The lowest BCUT2D eigenvalue weighted by molar-refractivity contribution is -0.128. The van der Waals surface area contributed by atoms with Gasteiger partial charge in [-0.25, -0.2) is 15.6 Å². The molecule has 152 valence electrons. The van der Waals surface area contributed by atoms with Gasteiger partial charge < -0.3 is 9.47 Å². The third-order valence-electron chi connectivity index (χ3n) is 3.10. The smallest absolute Gasteiger partial charge is 0.430 e. The van der Waals surface area contributed by atoms with E-state index in [0.29, 0.717) is 18.1 Å². The van der Waals surface area contributed by atoms with Crippen molar-refractivity contribution < 1.29 is 32.2 Å². The summed E-state index contributed by atoms with van der Waals surface area (Å²) in [4.78, 5) is 24.7. The van der Waals surface area contributed by atoms with Crippen LogP contribution in [-0.4, -0.2) is 30.3 Å². The number of alkyl halides is 3. The molecule has 28 heavy (non-hydrogen) atoms. The van der Waals surface area contributed by atoms with E-state index in [-0.39, 0.29) is 18.0 Å². The molecule has 2 N–H and O–H groups in total. The molecule has 0 unspecified atom stereocenters. The van der Waals surface area contributed by atoms with Crippen molar-refractivity contribution in [1.82, 2.24) is 4.98 Å². The zero-order valence-corrected chi connectivity index (χ0v) is 15.1. The lowest BCUT2D eigenvalue weighted by atomic mass is 10.2. The van der Waals surface area contributed by atoms with Crippen molar-refractivity contribution in [2.75, 3.05) is 11.6 Å². The van der Waals surface area contributed by atoms with Gasteiger partial charge in [0.05, 0.1) is 13.0 Å².